The van der Waals surface area contributed by atoms with Gasteiger partial charge in [-0.15, -0.1) is 11.3 Å². The predicted molar refractivity (Wildman–Crippen MR) is 124 cm³/mol. The fourth-order valence-electron chi connectivity index (χ4n) is 3.57. The third kappa shape index (κ3) is 4.86. The number of hydrogen-bond acceptors (Lipinski definition) is 5. The molecule has 0 atom stereocenters. The standard InChI is InChI=1S/C23H23N3O3S2/c1-16(24-25-23(27)21-15-30-22-13-6-5-12-20(21)22)17-8-7-9-18(14-17)26-31(28,29)19-10-3-2-4-11-19/h2-4,7-11,14-15,26H,5-6,12-13H2,1H3,(H,25,27). The first-order chi connectivity index (χ1) is 14.9. The fraction of sp³-hybridized carbons (Fsp3) is 0.217. The van der Waals surface area contributed by atoms with E-state index in [0.717, 1.165) is 24.8 Å². The van der Waals surface area contributed by atoms with Crippen LogP contribution >= 0.6 is 11.3 Å². The molecule has 1 aromatic heterocycles. The van der Waals surface area contributed by atoms with E-state index in [1.54, 1.807) is 54.7 Å². The van der Waals surface area contributed by atoms with Gasteiger partial charge in [-0.2, -0.15) is 5.10 Å². The lowest BCUT2D eigenvalue weighted by Gasteiger charge is -2.12. The lowest BCUT2D eigenvalue weighted by molar-refractivity contribution is 0.0954. The number of nitrogens with one attached hydrogen (secondary N) is 2. The van der Waals surface area contributed by atoms with Gasteiger partial charge in [0.15, 0.2) is 0 Å². The van der Waals surface area contributed by atoms with Crippen LogP contribution in [0.3, 0.4) is 0 Å². The Morgan fingerprint density at radius 3 is 2.61 bits per heavy atom. The zero-order valence-corrected chi connectivity index (χ0v) is 18.7. The van der Waals surface area contributed by atoms with Gasteiger partial charge in [-0.3, -0.25) is 9.52 Å². The van der Waals surface area contributed by atoms with Crippen LogP contribution in [0.15, 0.2) is 70.0 Å². The van der Waals surface area contributed by atoms with Gasteiger partial charge < -0.3 is 0 Å². The van der Waals surface area contributed by atoms with E-state index in [-0.39, 0.29) is 10.8 Å². The molecule has 1 heterocycles. The van der Waals surface area contributed by atoms with E-state index >= 15 is 0 Å². The second-order valence-corrected chi connectivity index (χ2v) is 10.0. The minimum absolute atomic E-state index is 0.192. The smallest absolute Gasteiger partial charge is 0.272 e. The number of anilines is 1. The van der Waals surface area contributed by atoms with E-state index in [4.69, 9.17) is 0 Å². The molecule has 3 aromatic rings. The van der Waals surface area contributed by atoms with Crippen molar-refractivity contribution in [2.45, 2.75) is 37.5 Å². The second kappa shape index (κ2) is 9.03. The number of carbonyl (C=O) groups is 1. The van der Waals surface area contributed by atoms with Crippen LogP contribution in [0.1, 0.15) is 46.1 Å². The maximum absolute atomic E-state index is 12.6. The summed E-state index contributed by atoms with van der Waals surface area (Å²) in [6.07, 6.45) is 4.27. The number of amides is 1. The molecule has 0 bridgehead atoms. The minimum Gasteiger partial charge on any atom is -0.280 e. The summed E-state index contributed by atoms with van der Waals surface area (Å²) < 4.78 is 27.7. The van der Waals surface area contributed by atoms with Crippen molar-refractivity contribution in [2.75, 3.05) is 4.72 Å². The van der Waals surface area contributed by atoms with Crippen molar-refractivity contribution in [1.29, 1.82) is 0 Å². The Morgan fingerprint density at radius 2 is 1.81 bits per heavy atom. The molecule has 0 saturated carbocycles. The number of benzene rings is 2. The van der Waals surface area contributed by atoms with Gasteiger partial charge in [0.25, 0.3) is 15.9 Å². The van der Waals surface area contributed by atoms with Gasteiger partial charge in [0.1, 0.15) is 0 Å². The molecule has 1 aliphatic rings. The van der Waals surface area contributed by atoms with E-state index in [0.29, 0.717) is 22.5 Å². The van der Waals surface area contributed by atoms with Crippen LogP contribution in [0.25, 0.3) is 0 Å². The number of thiophene rings is 1. The molecule has 8 heteroatoms. The predicted octanol–water partition coefficient (Wildman–Crippen LogP) is 4.58. The van der Waals surface area contributed by atoms with Gasteiger partial charge in [0, 0.05) is 15.9 Å². The van der Waals surface area contributed by atoms with Crippen LogP contribution in [-0.4, -0.2) is 20.0 Å². The zero-order valence-electron chi connectivity index (χ0n) is 17.1. The third-order valence-electron chi connectivity index (χ3n) is 5.22. The molecule has 31 heavy (non-hydrogen) atoms. The molecule has 0 spiro atoms. The lowest BCUT2D eigenvalue weighted by Crippen LogP contribution is -2.20. The van der Waals surface area contributed by atoms with Crippen molar-refractivity contribution in [3.05, 3.63) is 81.5 Å². The molecular weight excluding hydrogens is 430 g/mol. The molecule has 6 nitrogen and oxygen atoms in total. The van der Waals surface area contributed by atoms with Crippen molar-refractivity contribution in [3.8, 4) is 0 Å². The SMILES string of the molecule is CC(=NNC(=O)c1csc2c1CCCC2)c1cccc(NS(=O)(=O)c2ccccc2)c1. The van der Waals surface area contributed by atoms with Crippen molar-refractivity contribution in [1.82, 2.24) is 5.43 Å². The highest BCUT2D eigenvalue weighted by Gasteiger charge is 2.20. The molecule has 2 N–H and O–H groups in total. The molecule has 4 rings (SSSR count). The Kier molecular flexibility index (Phi) is 6.20. The van der Waals surface area contributed by atoms with E-state index in [2.05, 4.69) is 15.2 Å². The van der Waals surface area contributed by atoms with Crippen LogP contribution in [-0.2, 0) is 22.9 Å². The summed E-state index contributed by atoms with van der Waals surface area (Å²) in [5, 5.41) is 6.15. The summed E-state index contributed by atoms with van der Waals surface area (Å²) in [5.41, 5.74) is 6.22. The largest absolute Gasteiger partial charge is 0.280 e. The quantitative estimate of drug-likeness (QED) is 0.423. The number of sulfonamides is 1. The molecule has 0 saturated heterocycles. The van der Waals surface area contributed by atoms with Gasteiger partial charge in [0.05, 0.1) is 16.2 Å². The highest BCUT2D eigenvalue weighted by atomic mass is 32.2. The van der Waals surface area contributed by atoms with E-state index in [1.807, 2.05) is 11.4 Å². The van der Waals surface area contributed by atoms with Crippen LogP contribution in [0.2, 0.25) is 0 Å². The first-order valence-corrected chi connectivity index (χ1v) is 12.4. The van der Waals surface area contributed by atoms with Gasteiger partial charge in [-0.1, -0.05) is 30.3 Å². The first-order valence-electron chi connectivity index (χ1n) is 10.1. The number of carbonyl (C=O) groups excluding carboxylic acids is 1. The molecule has 0 aliphatic heterocycles. The van der Waals surface area contributed by atoms with Crippen LogP contribution in [0, 0.1) is 0 Å². The Labute approximate surface area is 186 Å². The molecule has 1 aliphatic carbocycles. The van der Waals surface area contributed by atoms with Crippen LogP contribution in [0.5, 0.6) is 0 Å². The number of aryl methyl sites for hydroxylation is 1. The average molecular weight is 454 g/mol. The van der Waals surface area contributed by atoms with E-state index in [9.17, 15) is 13.2 Å². The van der Waals surface area contributed by atoms with Gasteiger partial charge in [-0.05, 0) is 68.0 Å². The first kappa shape index (κ1) is 21.3. The fourth-order valence-corrected chi connectivity index (χ4v) is 5.76. The molecular formula is C23H23N3O3S2. The Balaban J connectivity index is 1.48. The van der Waals surface area contributed by atoms with E-state index in [1.165, 1.54) is 23.4 Å². The van der Waals surface area contributed by atoms with Gasteiger partial charge >= 0.3 is 0 Å². The van der Waals surface area contributed by atoms with E-state index < -0.39 is 10.0 Å². The highest BCUT2D eigenvalue weighted by molar-refractivity contribution is 7.92. The van der Waals surface area contributed by atoms with Crippen molar-refractivity contribution >= 4 is 38.7 Å². The number of nitrogens with zero attached hydrogens (tertiary/aromatic N) is 1. The summed E-state index contributed by atoms with van der Waals surface area (Å²) >= 11 is 1.64. The Morgan fingerprint density at radius 1 is 1.03 bits per heavy atom. The lowest BCUT2D eigenvalue weighted by atomic mass is 9.96. The second-order valence-electron chi connectivity index (χ2n) is 7.40. The summed E-state index contributed by atoms with van der Waals surface area (Å²) in [6.45, 7) is 1.77. The average Bonchev–Trinajstić information content (AvgIpc) is 3.22. The summed E-state index contributed by atoms with van der Waals surface area (Å²) in [4.78, 5) is 14.1. The van der Waals surface area contributed by atoms with Crippen LogP contribution in [0.4, 0.5) is 5.69 Å². The minimum atomic E-state index is -3.68. The van der Waals surface area contributed by atoms with Crippen molar-refractivity contribution in [3.63, 3.8) is 0 Å². The van der Waals surface area contributed by atoms with Crippen molar-refractivity contribution in [2.24, 2.45) is 5.10 Å². The number of fused-ring (bicyclic) bond motifs is 1. The molecule has 0 fully saturated rings. The number of rotatable bonds is 6. The topological polar surface area (TPSA) is 87.6 Å². The van der Waals surface area contributed by atoms with Crippen molar-refractivity contribution < 1.29 is 13.2 Å². The third-order valence-corrected chi connectivity index (χ3v) is 7.70. The van der Waals surface area contributed by atoms with Crippen LogP contribution < -0.4 is 10.1 Å². The molecule has 0 unspecified atom stereocenters. The Bertz CT molecular complexity index is 1230. The normalized spacial score (nSPS) is 14.0. The maximum atomic E-state index is 12.6. The molecule has 2 aromatic carbocycles. The monoisotopic (exact) mass is 453 g/mol. The maximum Gasteiger partial charge on any atom is 0.272 e. The Hall–Kier alpha value is -2.97. The van der Waals surface area contributed by atoms with Gasteiger partial charge in [0.2, 0.25) is 0 Å². The highest BCUT2D eigenvalue weighted by Crippen LogP contribution is 2.30. The number of hydrazone groups is 1. The zero-order chi connectivity index (χ0) is 21.8. The van der Waals surface area contributed by atoms with Gasteiger partial charge in [-0.25, -0.2) is 13.8 Å². The molecule has 160 valence electrons. The number of hydrogen-bond donors (Lipinski definition) is 2. The molecule has 0 radical (unpaired) electrons. The summed E-state index contributed by atoms with van der Waals surface area (Å²) in [7, 11) is -3.68. The summed E-state index contributed by atoms with van der Waals surface area (Å²) in [6, 6.07) is 15.1. The molecule has 1 amide bonds. The summed E-state index contributed by atoms with van der Waals surface area (Å²) in [5.74, 6) is -0.209.